The van der Waals surface area contributed by atoms with Crippen molar-refractivity contribution in [3.8, 4) is 0 Å². The van der Waals surface area contributed by atoms with Gasteiger partial charge in [-0.2, -0.15) is 0 Å². The van der Waals surface area contributed by atoms with Gasteiger partial charge >= 0.3 is 0 Å². The maximum atomic E-state index is 12.1. The van der Waals surface area contributed by atoms with Crippen LogP contribution in [0.5, 0.6) is 0 Å². The van der Waals surface area contributed by atoms with Crippen molar-refractivity contribution in [1.29, 1.82) is 0 Å². The molecule has 1 atom stereocenters. The Balaban J connectivity index is 2.11. The van der Waals surface area contributed by atoms with Crippen molar-refractivity contribution < 1.29 is 13.2 Å². The van der Waals surface area contributed by atoms with Gasteiger partial charge in [-0.3, -0.25) is 4.79 Å². The number of carbonyl (C=O) groups is 1. The smallest absolute Gasteiger partial charge is 0.241 e. The van der Waals surface area contributed by atoms with E-state index in [1.54, 1.807) is 0 Å². The standard InChI is InChI=1S/C10H15N5O3S/c11-14-9-5-8(3-4-12-9)19(17,18)15-7-1-2-10(16)13-6-7/h3-5,7,15H,1-2,6,11H2,(H,12,14)(H,13,16). The quantitative estimate of drug-likeness (QED) is 0.412. The highest BCUT2D eigenvalue weighted by atomic mass is 32.2. The lowest BCUT2D eigenvalue weighted by atomic mass is 10.1. The predicted octanol–water partition coefficient (Wildman–Crippen LogP) is -1.08. The first-order valence-electron chi connectivity index (χ1n) is 5.73. The van der Waals surface area contributed by atoms with Crippen LogP contribution in [-0.2, 0) is 14.8 Å². The fraction of sp³-hybridized carbons (Fsp3) is 0.400. The van der Waals surface area contributed by atoms with E-state index in [9.17, 15) is 13.2 Å². The highest BCUT2D eigenvalue weighted by Crippen LogP contribution is 2.14. The number of rotatable bonds is 4. The number of pyridine rings is 1. The van der Waals surface area contributed by atoms with Gasteiger partial charge in [-0.05, 0) is 12.5 Å². The summed E-state index contributed by atoms with van der Waals surface area (Å²) in [6.07, 6.45) is 2.16. The van der Waals surface area contributed by atoms with Crippen LogP contribution >= 0.6 is 0 Å². The van der Waals surface area contributed by atoms with E-state index < -0.39 is 10.0 Å². The zero-order chi connectivity index (χ0) is 13.9. The topological polar surface area (TPSA) is 126 Å². The maximum Gasteiger partial charge on any atom is 0.241 e. The number of aromatic nitrogens is 1. The van der Waals surface area contributed by atoms with Gasteiger partial charge in [0, 0.05) is 31.3 Å². The fourth-order valence-electron chi connectivity index (χ4n) is 1.78. The van der Waals surface area contributed by atoms with E-state index in [4.69, 9.17) is 5.84 Å². The van der Waals surface area contributed by atoms with Crippen LogP contribution in [0.2, 0.25) is 0 Å². The molecule has 9 heteroatoms. The predicted molar refractivity (Wildman–Crippen MR) is 68.4 cm³/mol. The Hall–Kier alpha value is -1.71. The highest BCUT2D eigenvalue weighted by Gasteiger charge is 2.24. The number of hydrogen-bond donors (Lipinski definition) is 4. The summed E-state index contributed by atoms with van der Waals surface area (Å²) in [5.41, 5.74) is 2.29. The van der Waals surface area contributed by atoms with E-state index in [-0.39, 0.29) is 22.7 Å². The Labute approximate surface area is 110 Å². The van der Waals surface area contributed by atoms with Gasteiger partial charge < -0.3 is 10.7 Å². The molecule has 0 aliphatic carbocycles. The number of nitrogen functional groups attached to an aromatic ring is 1. The molecule has 1 aromatic heterocycles. The van der Waals surface area contributed by atoms with Gasteiger partial charge in [0.2, 0.25) is 15.9 Å². The average Bonchev–Trinajstić information content (AvgIpc) is 2.41. The van der Waals surface area contributed by atoms with Crippen molar-refractivity contribution in [2.45, 2.75) is 23.8 Å². The van der Waals surface area contributed by atoms with Crippen LogP contribution in [0.1, 0.15) is 12.8 Å². The Bertz CT molecular complexity index is 564. The molecule has 2 rings (SSSR count). The van der Waals surface area contributed by atoms with Crippen LogP contribution in [0.25, 0.3) is 0 Å². The first kappa shape index (κ1) is 13.7. The van der Waals surface area contributed by atoms with Crippen molar-refractivity contribution in [2.75, 3.05) is 12.0 Å². The van der Waals surface area contributed by atoms with E-state index in [1.807, 2.05) is 0 Å². The lowest BCUT2D eigenvalue weighted by molar-refractivity contribution is -0.122. The summed E-state index contributed by atoms with van der Waals surface area (Å²) in [6, 6.07) is 2.42. The molecule has 1 aliphatic rings. The lowest BCUT2D eigenvalue weighted by Crippen LogP contribution is -2.47. The third-order valence-electron chi connectivity index (χ3n) is 2.78. The Morgan fingerprint density at radius 2 is 2.26 bits per heavy atom. The summed E-state index contributed by atoms with van der Waals surface area (Å²) < 4.78 is 26.8. The summed E-state index contributed by atoms with van der Waals surface area (Å²) in [4.78, 5) is 14.9. The van der Waals surface area contributed by atoms with E-state index >= 15 is 0 Å². The van der Waals surface area contributed by atoms with Crippen LogP contribution in [0.4, 0.5) is 5.82 Å². The maximum absolute atomic E-state index is 12.1. The summed E-state index contributed by atoms with van der Waals surface area (Å²) >= 11 is 0. The molecule has 0 aromatic carbocycles. The third kappa shape index (κ3) is 3.40. The molecule has 8 nitrogen and oxygen atoms in total. The molecule has 1 saturated heterocycles. The van der Waals surface area contributed by atoms with Crippen LogP contribution < -0.4 is 21.3 Å². The number of nitrogens with one attached hydrogen (secondary N) is 3. The zero-order valence-corrected chi connectivity index (χ0v) is 10.9. The normalized spacial score (nSPS) is 19.8. The van der Waals surface area contributed by atoms with Gasteiger partial charge in [0.15, 0.2) is 0 Å². The van der Waals surface area contributed by atoms with Crippen LogP contribution in [0.15, 0.2) is 23.2 Å². The number of hydrogen-bond acceptors (Lipinski definition) is 6. The van der Waals surface area contributed by atoms with Gasteiger partial charge in [-0.1, -0.05) is 0 Å². The zero-order valence-electron chi connectivity index (χ0n) is 10.1. The minimum absolute atomic E-state index is 0.0611. The Morgan fingerprint density at radius 1 is 1.47 bits per heavy atom. The van der Waals surface area contributed by atoms with Crippen molar-refractivity contribution >= 4 is 21.7 Å². The van der Waals surface area contributed by atoms with Gasteiger partial charge in [-0.25, -0.2) is 24.0 Å². The molecule has 104 valence electrons. The molecule has 1 aliphatic heterocycles. The molecule has 1 amide bonds. The average molecular weight is 285 g/mol. The number of anilines is 1. The second kappa shape index (κ2) is 5.51. The van der Waals surface area contributed by atoms with Gasteiger partial charge in [0.1, 0.15) is 5.82 Å². The van der Waals surface area contributed by atoms with E-state index in [2.05, 4.69) is 20.4 Å². The minimum Gasteiger partial charge on any atom is -0.355 e. The van der Waals surface area contributed by atoms with Crippen molar-refractivity contribution in [2.24, 2.45) is 5.84 Å². The number of carbonyl (C=O) groups excluding carboxylic acids is 1. The van der Waals surface area contributed by atoms with Gasteiger partial charge in [-0.15, -0.1) is 0 Å². The third-order valence-corrected chi connectivity index (χ3v) is 4.30. The molecule has 1 fully saturated rings. The summed E-state index contributed by atoms with van der Waals surface area (Å²) in [5.74, 6) is 5.39. The highest BCUT2D eigenvalue weighted by molar-refractivity contribution is 7.89. The van der Waals surface area contributed by atoms with Crippen LogP contribution in [0.3, 0.4) is 0 Å². The molecule has 0 radical (unpaired) electrons. The first-order chi connectivity index (χ1) is 9.01. The molecule has 1 unspecified atom stereocenters. The SMILES string of the molecule is NNc1cc(S(=O)(=O)NC2CCC(=O)NC2)ccn1. The molecule has 0 bridgehead atoms. The summed E-state index contributed by atoms with van der Waals surface area (Å²) in [5, 5.41) is 2.62. The van der Waals surface area contributed by atoms with Crippen molar-refractivity contribution in [1.82, 2.24) is 15.0 Å². The molecular weight excluding hydrogens is 270 g/mol. The number of nitrogens with zero attached hydrogens (tertiary/aromatic N) is 1. The first-order valence-corrected chi connectivity index (χ1v) is 7.21. The Morgan fingerprint density at radius 3 is 2.89 bits per heavy atom. The number of nitrogens with two attached hydrogens (primary N) is 1. The number of piperidine rings is 1. The number of sulfonamides is 1. The number of hydrazine groups is 1. The van der Waals surface area contributed by atoms with Crippen LogP contribution in [-0.4, -0.2) is 31.9 Å². The van der Waals surface area contributed by atoms with E-state index in [1.165, 1.54) is 18.3 Å². The lowest BCUT2D eigenvalue weighted by Gasteiger charge is -2.23. The monoisotopic (exact) mass is 285 g/mol. The van der Waals surface area contributed by atoms with Crippen molar-refractivity contribution in [3.63, 3.8) is 0 Å². The van der Waals surface area contributed by atoms with Gasteiger partial charge in [0.25, 0.3) is 0 Å². The molecule has 1 aromatic rings. The molecular formula is C10H15N5O3S. The largest absolute Gasteiger partial charge is 0.355 e. The summed E-state index contributed by atoms with van der Waals surface area (Å²) in [7, 11) is -3.65. The second-order valence-corrected chi connectivity index (χ2v) is 5.90. The van der Waals surface area contributed by atoms with Crippen molar-refractivity contribution in [3.05, 3.63) is 18.3 Å². The molecule has 0 spiro atoms. The molecule has 2 heterocycles. The van der Waals surface area contributed by atoms with E-state index in [0.717, 1.165) is 0 Å². The van der Waals surface area contributed by atoms with Gasteiger partial charge in [0.05, 0.1) is 4.90 Å². The molecule has 0 saturated carbocycles. The molecule has 19 heavy (non-hydrogen) atoms. The Kier molecular flexibility index (Phi) is 3.98. The van der Waals surface area contributed by atoms with E-state index in [0.29, 0.717) is 19.4 Å². The second-order valence-electron chi connectivity index (χ2n) is 4.18. The fourth-order valence-corrected chi connectivity index (χ4v) is 3.06. The number of amides is 1. The minimum atomic E-state index is -3.65. The summed E-state index contributed by atoms with van der Waals surface area (Å²) in [6.45, 7) is 0.297. The van der Waals surface area contributed by atoms with Crippen LogP contribution in [0, 0.1) is 0 Å². The molecule has 5 N–H and O–H groups in total.